The molecule has 1 heterocycles. The van der Waals surface area contributed by atoms with E-state index < -0.39 is 0 Å². The van der Waals surface area contributed by atoms with Crippen LogP contribution in [0.5, 0.6) is 11.5 Å². The van der Waals surface area contributed by atoms with Crippen LogP contribution < -0.4 is 9.47 Å². The van der Waals surface area contributed by atoms with Crippen molar-refractivity contribution in [1.82, 2.24) is 9.55 Å². The molecule has 102 valence electrons. The molecule has 0 aliphatic heterocycles. The second kappa shape index (κ2) is 5.25. The Bertz CT molecular complexity index is 620. The standard InChI is InChI=1S/C14H17BrN2O2/c1-8-6-11(18-4)12(19-5)7-10(8)13-14(15)16-9(2)17(13)3/h6-7H,1-5H3. The second-order valence-corrected chi connectivity index (χ2v) is 5.13. The zero-order valence-corrected chi connectivity index (χ0v) is 13.3. The molecule has 0 aliphatic rings. The summed E-state index contributed by atoms with van der Waals surface area (Å²) in [5.41, 5.74) is 3.23. The molecule has 0 aliphatic carbocycles. The topological polar surface area (TPSA) is 36.3 Å². The maximum absolute atomic E-state index is 5.37. The molecule has 4 nitrogen and oxygen atoms in total. The highest BCUT2D eigenvalue weighted by molar-refractivity contribution is 9.10. The van der Waals surface area contributed by atoms with Crippen LogP contribution in [0.2, 0.25) is 0 Å². The lowest BCUT2D eigenvalue weighted by Gasteiger charge is -2.13. The predicted molar refractivity (Wildman–Crippen MR) is 78.9 cm³/mol. The van der Waals surface area contributed by atoms with Crippen molar-refractivity contribution in [1.29, 1.82) is 0 Å². The first-order chi connectivity index (χ1) is 8.99. The van der Waals surface area contributed by atoms with Crippen molar-refractivity contribution in [3.8, 4) is 22.8 Å². The molecule has 2 rings (SSSR count). The number of ether oxygens (including phenoxy) is 2. The summed E-state index contributed by atoms with van der Waals surface area (Å²) in [6, 6.07) is 3.96. The SMILES string of the molecule is COc1cc(C)c(-c2c(Br)nc(C)n2C)cc1OC. The Labute approximate surface area is 121 Å². The molecule has 19 heavy (non-hydrogen) atoms. The lowest BCUT2D eigenvalue weighted by molar-refractivity contribution is 0.355. The summed E-state index contributed by atoms with van der Waals surface area (Å²) in [4.78, 5) is 4.43. The molecule has 0 fully saturated rings. The van der Waals surface area contributed by atoms with Crippen LogP contribution >= 0.6 is 15.9 Å². The minimum atomic E-state index is 0.717. The van der Waals surface area contributed by atoms with Crippen molar-refractivity contribution in [3.05, 3.63) is 28.1 Å². The van der Waals surface area contributed by atoms with Gasteiger partial charge >= 0.3 is 0 Å². The fourth-order valence-electron chi connectivity index (χ4n) is 2.10. The molecule has 0 N–H and O–H groups in total. The Balaban J connectivity index is 2.69. The number of halogens is 1. The highest BCUT2D eigenvalue weighted by atomic mass is 79.9. The summed E-state index contributed by atoms with van der Waals surface area (Å²) in [5, 5.41) is 0. The van der Waals surface area contributed by atoms with Gasteiger partial charge in [0.2, 0.25) is 0 Å². The van der Waals surface area contributed by atoms with Gasteiger partial charge in [0.15, 0.2) is 11.5 Å². The van der Waals surface area contributed by atoms with E-state index in [1.165, 1.54) is 0 Å². The predicted octanol–water partition coefficient (Wildman–Crippen LogP) is 3.48. The normalized spacial score (nSPS) is 10.6. The summed E-state index contributed by atoms with van der Waals surface area (Å²) in [6.45, 7) is 4.02. The van der Waals surface area contributed by atoms with Crippen molar-refractivity contribution in [2.45, 2.75) is 13.8 Å². The zero-order chi connectivity index (χ0) is 14.2. The molecular weight excluding hydrogens is 308 g/mol. The van der Waals surface area contributed by atoms with Gasteiger partial charge in [0.25, 0.3) is 0 Å². The molecule has 0 atom stereocenters. The molecule has 0 radical (unpaired) electrons. The average Bonchev–Trinajstić information content (AvgIpc) is 2.63. The minimum Gasteiger partial charge on any atom is -0.493 e. The van der Waals surface area contributed by atoms with Crippen LogP contribution in [0, 0.1) is 13.8 Å². The number of benzene rings is 1. The third-order valence-electron chi connectivity index (χ3n) is 3.26. The number of aromatic nitrogens is 2. The van der Waals surface area contributed by atoms with E-state index >= 15 is 0 Å². The summed E-state index contributed by atoms with van der Waals surface area (Å²) in [6.07, 6.45) is 0. The van der Waals surface area contributed by atoms with Gasteiger partial charge in [0.05, 0.1) is 19.9 Å². The molecule has 2 aromatic rings. The van der Waals surface area contributed by atoms with E-state index in [2.05, 4.69) is 25.5 Å². The van der Waals surface area contributed by atoms with Crippen molar-refractivity contribution < 1.29 is 9.47 Å². The third kappa shape index (κ3) is 2.34. The summed E-state index contributed by atoms with van der Waals surface area (Å²) >= 11 is 3.52. The largest absolute Gasteiger partial charge is 0.493 e. The van der Waals surface area contributed by atoms with E-state index in [9.17, 15) is 0 Å². The lowest BCUT2D eigenvalue weighted by atomic mass is 10.0. The first kappa shape index (κ1) is 13.9. The van der Waals surface area contributed by atoms with Crippen molar-refractivity contribution in [3.63, 3.8) is 0 Å². The van der Waals surface area contributed by atoms with Crippen LogP contribution in [0.3, 0.4) is 0 Å². The Hall–Kier alpha value is -1.49. The number of hydrogen-bond acceptors (Lipinski definition) is 3. The number of aryl methyl sites for hydroxylation is 2. The molecule has 0 saturated heterocycles. The van der Waals surface area contributed by atoms with Crippen LogP contribution in [-0.2, 0) is 7.05 Å². The number of hydrogen-bond donors (Lipinski definition) is 0. The van der Waals surface area contributed by atoms with Gasteiger partial charge in [-0.25, -0.2) is 4.98 Å². The van der Waals surface area contributed by atoms with Gasteiger partial charge in [-0.15, -0.1) is 0 Å². The zero-order valence-electron chi connectivity index (χ0n) is 11.7. The lowest BCUT2D eigenvalue weighted by Crippen LogP contribution is -1.98. The van der Waals surface area contributed by atoms with E-state index in [1.807, 2.05) is 33.0 Å². The highest BCUT2D eigenvalue weighted by Crippen LogP contribution is 2.38. The van der Waals surface area contributed by atoms with Gasteiger partial charge in [0, 0.05) is 12.6 Å². The average molecular weight is 325 g/mol. The molecule has 1 aromatic heterocycles. The van der Waals surface area contributed by atoms with Crippen LogP contribution in [0.15, 0.2) is 16.7 Å². The fourth-order valence-corrected chi connectivity index (χ4v) is 2.83. The number of imidazole rings is 1. The molecule has 0 unspecified atom stereocenters. The molecule has 0 saturated carbocycles. The van der Waals surface area contributed by atoms with Gasteiger partial charge in [-0.1, -0.05) is 0 Å². The van der Waals surface area contributed by atoms with Crippen LogP contribution in [-0.4, -0.2) is 23.8 Å². The Morgan fingerprint density at radius 3 is 2.16 bits per heavy atom. The number of nitrogens with zero attached hydrogens (tertiary/aromatic N) is 2. The molecule has 0 spiro atoms. The van der Waals surface area contributed by atoms with Gasteiger partial charge in [-0.3, -0.25) is 0 Å². The van der Waals surface area contributed by atoms with E-state index in [0.29, 0.717) is 5.75 Å². The fraction of sp³-hybridized carbons (Fsp3) is 0.357. The van der Waals surface area contributed by atoms with E-state index in [1.54, 1.807) is 14.2 Å². The first-order valence-electron chi connectivity index (χ1n) is 5.91. The summed E-state index contributed by atoms with van der Waals surface area (Å²) in [5.74, 6) is 2.41. The monoisotopic (exact) mass is 324 g/mol. The highest BCUT2D eigenvalue weighted by Gasteiger charge is 2.17. The smallest absolute Gasteiger partial charge is 0.161 e. The van der Waals surface area contributed by atoms with Crippen molar-refractivity contribution >= 4 is 15.9 Å². The van der Waals surface area contributed by atoms with Gasteiger partial charge in [-0.2, -0.15) is 0 Å². The summed E-state index contributed by atoms with van der Waals surface area (Å²) in [7, 11) is 5.28. The Morgan fingerprint density at radius 2 is 1.68 bits per heavy atom. The van der Waals surface area contributed by atoms with Gasteiger partial charge < -0.3 is 14.0 Å². The summed E-state index contributed by atoms with van der Waals surface area (Å²) < 4.78 is 13.6. The quantitative estimate of drug-likeness (QED) is 0.867. The third-order valence-corrected chi connectivity index (χ3v) is 3.81. The van der Waals surface area contributed by atoms with Crippen LogP contribution in [0.1, 0.15) is 11.4 Å². The maximum Gasteiger partial charge on any atom is 0.161 e. The molecule has 5 heteroatoms. The Morgan fingerprint density at radius 1 is 1.11 bits per heavy atom. The second-order valence-electron chi connectivity index (χ2n) is 4.38. The number of rotatable bonds is 3. The molecule has 0 amide bonds. The minimum absolute atomic E-state index is 0.717. The van der Waals surface area contributed by atoms with Gasteiger partial charge in [-0.05, 0) is 47.5 Å². The maximum atomic E-state index is 5.37. The molecular formula is C14H17BrN2O2. The Kier molecular flexibility index (Phi) is 3.85. The van der Waals surface area contributed by atoms with Crippen molar-refractivity contribution in [2.75, 3.05) is 14.2 Å². The molecule has 1 aromatic carbocycles. The van der Waals surface area contributed by atoms with Gasteiger partial charge in [0.1, 0.15) is 10.4 Å². The first-order valence-corrected chi connectivity index (χ1v) is 6.70. The van der Waals surface area contributed by atoms with Crippen LogP contribution in [0.25, 0.3) is 11.3 Å². The number of methoxy groups -OCH3 is 2. The van der Waals surface area contributed by atoms with E-state index in [-0.39, 0.29) is 0 Å². The van der Waals surface area contributed by atoms with E-state index in [4.69, 9.17) is 9.47 Å². The van der Waals surface area contributed by atoms with E-state index in [0.717, 1.165) is 33.0 Å². The van der Waals surface area contributed by atoms with Crippen LogP contribution in [0.4, 0.5) is 0 Å². The van der Waals surface area contributed by atoms with Crippen molar-refractivity contribution in [2.24, 2.45) is 7.05 Å². The molecule has 0 bridgehead atoms.